The van der Waals surface area contributed by atoms with E-state index in [2.05, 4.69) is 41.3 Å². The minimum atomic E-state index is -0.257. The molecule has 4 aromatic rings. The fraction of sp³-hybridized carbons (Fsp3) is 0.370. The Bertz CT molecular complexity index is 1330. The van der Waals surface area contributed by atoms with E-state index < -0.39 is 0 Å². The smallest absolute Gasteiger partial charge is 0.266 e. The van der Waals surface area contributed by atoms with Gasteiger partial charge in [0.25, 0.3) is 5.56 Å². The molecule has 184 valence electrons. The van der Waals surface area contributed by atoms with Crippen LogP contribution in [0.15, 0.2) is 53.3 Å². The molecule has 2 aromatic heterocycles. The molecule has 0 aliphatic carbocycles. The molecule has 0 radical (unpaired) electrons. The normalized spacial score (nSPS) is 12.0. The molecule has 8 nitrogen and oxygen atoms in total. The van der Waals surface area contributed by atoms with Gasteiger partial charge in [0.05, 0.1) is 27.4 Å². The van der Waals surface area contributed by atoms with E-state index in [9.17, 15) is 4.79 Å². The number of aromatic nitrogens is 4. The van der Waals surface area contributed by atoms with Gasteiger partial charge in [0, 0.05) is 6.42 Å². The van der Waals surface area contributed by atoms with E-state index in [1.165, 1.54) is 12.7 Å². The van der Waals surface area contributed by atoms with Crippen molar-refractivity contribution in [1.29, 1.82) is 0 Å². The van der Waals surface area contributed by atoms with Crippen LogP contribution in [0.1, 0.15) is 49.2 Å². The number of hydrogen-bond donors (Lipinski definition) is 1. The Kier molecular flexibility index (Phi) is 7.70. The van der Waals surface area contributed by atoms with Crippen LogP contribution in [0.25, 0.3) is 11.0 Å². The second-order valence-electron chi connectivity index (χ2n) is 8.47. The quantitative estimate of drug-likeness (QED) is 0.337. The number of H-pyrrole nitrogens is 1. The zero-order valence-electron chi connectivity index (χ0n) is 20.7. The molecule has 0 saturated carbocycles. The molecule has 0 bridgehead atoms. The lowest BCUT2D eigenvalue weighted by Gasteiger charge is -2.16. The number of ether oxygens (including phenoxy) is 3. The number of nitrogens with zero attached hydrogens (tertiary/aromatic N) is 3. The van der Waals surface area contributed by atoms with Gasteiger partial charge in [-0.1, -0.05) is 43.3 Å². The summed E-state index contributed by atoms with van der Waals surface area (Å²) in [5.41, 5.74) is 2.55. The Labute approximate surface area is 204 Å². The maximum absolute atomic E-state index is 13.0. The van der Waals surface area contributed by atoms with E-state index in [0.29, 0.717) is 40.7 Å². The average molecular weight is 477 g/mol. The number of aryl methyl sites for hydroxylation is 1. The van der Waals surface area contributed by atoms with Crippen molar-refractivity contribution in [2.24, 2.45) is 0 Å². The van der Waals surface area contributed by atoms with Crippen LogP contribution >= 0.6 is 0 Å². The largest absolute Gasteiger partial charge is 0.493 e. The van der Waals surface area contributed by atoms with Gasteiger partial charge in [-0.15, -0.1) is 5.10 Å². The second kappa shape index (κ2) is 11.1. The summed E-state index contributed by atoms with van der Waals surface area (Å²) in [6.45, 7) is 2.13. The Hall–Kier alpha value is -3.81. The van der Waals surface area contributed by atoms with E-state index in [-0.39, 0.29) is 11.6 Å². The number of fused-ring (bicyclic) bond motifs is 1. The lowest BCUT2D eigenvalue weighted by molar-refractivity contribution is 0.354. The van der Waals surface area contributed by atoms with Crippen molar-refractivity contribution >= 4 is 11.0 Å². The minimum Gasteiger partial charge on any atom is -0.493 e. The molecule has 1 N–H and O–H groups in total. The molecule has 2 aromatic carbocycles. The van der Waals surface area contributed by atoms with Gasteiger partial charge in [0.2, 0.25) is 5.88 Å². The molecule has 2 heterocycles. The van der Waals surface area contributed by atoms with Crippen molar-refractivity contribution < 1.29 is 14.2 Å². The lowest BCUT2D eigenvalue weighted by atomic mass is 10.0. The molecule has 0 amide bonds. The van der Waals surface area contributed by atoms with Crippen LogP contribution in [0, 0.1) is 0 Å². The molecule has 0 fully saturated rings. The molecule has 0 aliphatic rings. The molecule has 8 heteroatoms. The summed E-state index contributed by atoms with van der Waals surface area (Å²) in [4.78, 5) is 20.8. The van der Waals surface area contributed by atoms with Gasteiger partial charge >= 0.3 is 0 Å². The van der Waals surface area contributed by atoms with Gasteiger partial charge < -0.3 is 19.2 Å². The van der Waals surface area contributed by atoms with Crippen LogP contribution in [0.4, 0.5) is 0 Å². The Morgan fingerprint density at radius 2 is 1.74 bits per heavy atom. The standard InChI is InChI=1S/C27H32N4O4/c1-5-20(13-9-12-18-10-7-6-8-11-18)31-25-24(27(30-31)35-4)26(32)29-23(28-25)17-19-14-15-21(33-2)22(16-19)34-3/h6-8,10-11,14-16,20H,5,9,12-13,17H2,1-4H3,(H,28,29,32). The Morgan fingerprint density at radius 3 is 2.43 bits per heavy atom. The van der Waals surface area contributed by atoms with Crippen LogP contribution in [-0.4, -0.2) is 41.1 Å². The highest BCUT2D eigenvalue weighted by Crippen LogP contribution is 2.30. The molecular formula is C27H32N4O4. The minimum absolute atomic E-state index is 0.105. The van der Waals surface area contributed by atoms with Crippen molar-refractivity contribution in [3.8, 4) is 17.4 Å². The first-order chi connectivity index (χ1) is 17.1. The third-order valence-electron chi connectivity index (χ3n) is 6.25. The summed E-state index contributed by atoms with van der Waals surface area (Å²) in [5.74, 6) is 2.13. The highest BCUT2D eigenvalue weighted by atomic mass is 16.5. The predicted octanol–water partition coefficient (Wildman–Crippen LogP) is 4.71. The van der Waals surface area contributed by atoms with E-state index in [1.54, 1.807) is 14.2 Å². The summed E-state index contributed by atoms with van der Waals surface area (Å²) in [5, 5.41) is 5.02. The van der Waals surface area contributed by atoms with Crippen LogP contribution in [0.3, 0.4) is 0 Å². The van der Waals surface area contributed by atoms with Gasteiger partial charge in [-0.3, -0.25) is 4.79 Å². The molecule has 1 atom stereocenters. The molecule has 0 spiro atoms. The number of rotatable bonds is 11. The first-order valence-corrected chi connectivity index (χ1v) is 11.9. The Balaban J connectivity index is 1.64. The van der Waals surface area contributed by atoms with Gasteiger partial charge in [0.15, 0.2) is 17.1 Å². The summed E-state index contributed by atoms with van der Waals surface area (Å²) >= 11 is 0. The molecule has 4 rings (SSSR count). The van der Waals surface area contributed by atoms with E-state index in [4.69, 9.17) is 19.2 Å². The number of nitrogens with one attached hydrogen (secondary N) is 1. The topological polar surface area (TPSA) is 91.3 Å². The molecule has 35 heavy (non-hydrogen) atoms. The van der Waals surface area contributed by atoms with Crippen molar-refractivity contribution in [2.75, 3.05) is 21.3 Å². The van der Waals surface area contributed by atoms with E-state index in [1.807, 2.05) is 28.9 Å². The molecular weight excluding hydrogens is 444 g/mol. The monoisotopic (exact) mass is 476 g/mol. The maximum Gasteiger partial charge on any atom is 0.266 e. The van der Waals surface area contributed by atoms with Crippen LogP contribution in [-0.2, 0) is 12.8 Å². The summed E-state index contributed by atoms with van der Waals surface area (Å²) in [7, 11) is 4.73. The second-order valence-corrected chi connectivity index (χ2v) is 8.47. The summed E-state index contributed by atoms with van der Waals surface area (Å²) in [6, 6.07) is 16.2. The van der Waals surface area contributed by atoms with Crippen molar-refractivity contribution in [3.63, 3.8) is 0 Å². The number of benzene rings is 2. The summed E-state index contributed by atoms with van der Waals surface area (Å²) in [6.07, 6.45) is 4.23. The van der Waals surface area contributed by atoms with E-state index >= 15 is 0 Å². The van der Waals surface area contributed by atoms with Crippen molar-refractivity contribution in [1.82, 2.24) is 19.7 Å². The first-order valence-electron chi connectivity index (χ1n) is 11.9. The fourth-order valence-corrected chi connectivity index (χ4v) is 4.41. The SMILES string of the molecule is CCC(CCCc1ccccc1)n1nc(OC)c2c(=O)[nH]c(Cc3ccc(OC)c(OC)c3)nc21. The number of hydrogen-bond acceptors (Lipinski definition) is 6. The average Bonchev–Trinajstić information content (AvgIpc) is 3.26. The van der Waals surface area contributed by atoms with Gasteiger partial charge in [-0.25, -0.2) is 9.67 Å². The van der Waals surface area contributed by atoms with Gasteiger partial charge in [0.1, 0.15) is 11.2 Å². The zero-order valence-corrected chi connectivity index (χ0v) is 20.7. The van der Waals surface area contributed by atoms with Crippen molar-refractivity contribution in [2.45, 2.75) is 45.1 Å². The highest BCUT2D eigenvalue weighted by molar-refractivity contribution is 5.80. The van der Waals surface area contributed by atoms with Crippen LogP contribution in [0.5, 0.6) is 17.4 Å². The summed E-state index contributed by atoms with van der Waals surface area (Å²) < 4.78 is 18.1. The number of methoxy groups -OCH3 is 3. The van der Waals surface area contributed by atoms with Crippen molar-refractivity contribution in [3.05, 3.63) is 75.8 Å². The first kappa shape index (κ1) is 24.3. The maximum atomic E-state index is 13.0. The number of aromatic amines is 1. The van der Waals surface area contributed by atoms with Gasteiger partial charge in [-0.2, -0.15) is 0 Å². The third kappa shape index (κ3) is 5.31. The molecule has 1 unspecified atom stereocenters. The zero-order chi connectivity index (χ0) is 24.8. The van der Waals surface area contributed by atoms with Crippen LogP contribution < -0.4 is 19.8 Å². The lowest BCUT2D eigenvalue weighted by Crippen LogP contribution is -2.15. The fourth-order valence-electron chi connectivity index (χ4n) is 4.41. The molecule has 0 saturated heterocycles. The highest BCUT2D eigenvalue weighted by Gasteiger charge is 2.22. The van der Waals surface area contributed by atoms with Crippen LogP contribution in [0.2, 0.25) is 0 Å². The molecule has 0 aliphatic heterocycles. The Morgan fingerprint density at radius 1 is 0.971 bits per heavy atom. The van der Waals surface area contributed by atoms with E-state index in [0.717, 1.165) is 31.2 Å². The third-order valence-corrected chi connectivity index (χ3v) is 6.25. The predicted molar refractivity (Wildman–Crippen MR) is 136 cm³/mol. The van der Waals surface area contributed by atoms with Gasteiger partial charge in [-0.05, 0) is 48.9 Å².